The van der Waals surface area contributed by atoms with E-state index >= 15 is 0 Å². The van der Waals surface area contributed by atoms with Crippen molar-refractivity contribution in [3.05, 3.63) is 29.7 Å². The van der Waals surface area contributed by atoms with Gasteiger partial charge in [0.15, 0.2) is 0 Å². The molecule has 0 aromatic carbocycles. The van der Waals surface area contributed by atoms with Crippen LogP contribution in [0.1, 0.15) is 43.5 Å². The van der Waals surface area contributed by atoms with Gasteiger partial charge in [-0.1, -0.05) is 6.08 Å². The molecule has 1 aromatic rings. The van der Waals surface area contributed by atoms with Crippen LogP contribution in [0.15, 0.2) is 22.6 Å². The molecule has 114 valence electrons. The zero-order valence-corrected chi connectivity index (χ0v) is 12.4. The summed E-state index contributed by atoms with van der Waals surface area (Å²) < 4.78 is 10.6. The Balaban J connectivity index is 2.01. The lowest BCUT2D eigenvalue weighted by Crippen LogP contribution is -2.39. The average molecular weight is 293 g/mol. The Kier molecular flexibility index (Phi) is 4.06. The summed E-state index contributed by atoms with van der Waals surface area (Å²) >= 11 is 0. The predicted octanol–water partition coefficient (Wildman–Crippen LogP) is 3.00. The van der Waals surface area contributed by atoms with Gasteiger partial charge in [0.1, 0.15) is 11.4 Å². The van der Waals surface area contributed by atoms with Crippen LogP contribution in [0.5, 0.6) is 0 Å². The number of nitrogens with zero attached hydrogens (tertiary/aromatic N) is 1. The predicted molar refractivity (Wildman–Crippen MR) is 76.1 cm³/mol. The minimum atomic E-state index is -1.09. The molecule has 1 aliphatic rings. The second-order valence-electron chi connectivity index (χ2n) is 5.87. The molecule has 0 saturated heterocycles. The first-order valence-corrected chi connectivity index (χ1v) is 6.77. The number of furan rings is 1. The number of hydrogen-bond donors (Lipinski definition) is 1. The Bertz CT molecular complexity index is 579. The number of rotatable bonds is 2. The van der Waals surface area contributed by atoms with E-state index < -0.39 is 11.6 Å². The minimum absolute atomic E-state index is 0.0829. The van der Waals surface area contributed by atoms with Crippen LogP contribution in [0.4, 0.5) is 4.79 Å². The first kappa shape index (κ1) is 15.2. The molecule has 1 amide bonds. The first-order valence-electron chi connectivity index (χ1n) is 6.77. The molecule has 2 heterocycles. The lowest BCUT2D eigenvalue weighted by Gasteiger charge is -2.29. The summed E-state index contributed by atoms with van der Waals surface area (Å²) in [5.41, 5.74) is 0.390. The molecule has 0 bridgehead atoms. The van der Waals surface area contributed by atoms with Gasteiger partial charge in [-0.05, 0) is 44.9 Å². The van der Waals surface area contributed by atoms with Gasteiger partial charge in [-0.15, -0.1) is 0 Å². The van der Waals surface area contributed by atoms with Crippen LogP contribution in [0, 0.1) is 0 Å². The Morgan fingerprint density at radius 1 is 1.33 bits per heavy atom. The van der Waals surface area contributed by atoms with E-state index in [2.05, 4.69) is 0 Å². The van der Waals surface area contributed by atoms with Crippen molar-refractivity contribution in [2.75, 3.05) is 13.1 Å². The van der Waals surface area contributed by atoms with Crippen molar-refractivity contribution in [3.63, 3.8) is 0 Å². The Morgan fingerprint density at radius 2 is 2.05 bits per heavy atom. The number of carboxylic acids is 1. The molecule has 1 aliphatic heterocycles. The van der Waals surface area contributed by atoms with Gasteiger partial charge >= 0.3 is 12.1 Å². The summed E-state index contributed by atoms with van der Waals surface area (Å²) in [7, 11) is 0. The van der Waals surface area contributed by atoms with Gasteiger partial charge in [0, 0.05) is 13.1 Å². The highest BCUT2D eigenvalue weighted by Crippen LogP contribution is 2.25. The number of carbonyl (C=O) groups excluding carboxylic acids is 1. The fraction of sp³-hybridized carbons (Fsp3) is 0.467. The highest BCUT2D eigenvalue weighted by molar-refractivity contribution is 5.85. The molecule has 0 atom stereocenters. The van der Waals surface area contributed by atoms with E-state index in [9.17, 15) is 9.59 Å². The van der Waals surface area contributed by atoms with Gasteiger partial charge in [-0.3, -0.25) is 0 Å². The monoisotopic (exact) mass is 293 g/mol. The second kappa shape index (κ2) is 5.63. The molecule has 2 rings (SSSR count). The van der Waals surface area contributed by atoms with Crippen molar-refractivity contribution in [2.24, 2.45) is 0 Å². The molecule has 0 saturated carbocycles. The maximum absolute atomic E-state index is 11.9. The number of ether oxygens (including phenoxy) is 1. The maximum Gasteiger partial charge on any atom is 0.410 e. The molecular formula is C15H19NO5. The number of carbonyl (C=O) groups is 2. The van der Waals surface area contributed by atoms with Crippen LogP contribution < -0.4 is 0 Å². The first-order chi connectivity index (χ1) is 9.76. The van der Waals surface area contributed by atoms with E-state index in [1.807, 2.05) is 26.8 Å². The molecule has 0 spiro atoms. The van der Waals surface area contributed by atoms with Crippen LogP contribution in [-0.2, 0) is 4.74 Å². The molecule has 6 heteroatoms. The van der Waals surface area contributed by atoms with Gasteiger partial charge < -0.3 is 19.2 Å². The van der Waals surface area contributed by atoms with Crippen LogP contribution in [0.25, 0.3) is 5.57 Å². The average Bonchev–Trinajstić information content (AvgIpc) is 2.86. The minimum Gasteiger partial charge on any atom is -0.475 e. The van der Waals surface area contributed by atoms with Gasteiger partial charge in [0.2, 0.25) is 5.76 Å². The summed E-state index contributed by atoms with van der Waals surface area (Å²) in [4.78, 5) is 24.3. The summed E-state index contributed by atoms with van der Waals surface area (Å²) in [6.45, 7) is 6.42. The molecule has 21 heavy (non-hydrogen) atoms. The fourth-order valence-corrected chi connectivity index (χ4v) is 2.01. The number of amides is 1. The van der Waals surface area contributed by atoms with Crippen molar-refractivity contribution >= 4 is 17.6 Å². The van der Waals surface area contributed by atoms with Gasteiger partial charge in [-0.25, -0.2) is 9.59 Å². The third-order valence-corrected chi connectivity index (χ3v) is 2.99. The zero-order valence-electron chi connectivity index (χ0n) is 12.4. The standard InChI is InChI=1S/C15H19NO5/c1-15(2,3)21-14(19)16-8-6-10(7-9-16)11-4-5-12(20-11)13(17)18/h4-6H,7-9H2,1-3H3,(H,17,18). The van der Waals surface area contributed by atoms with Crippen molar-refractivity contribution in [1.82, 2.24) is 4.90 Å². The smallest absolute Gasteiger partial charge is 0.410 e. The summed E-state index contributed by atoms with van der Waals surface area (Å²) in [5, 5.41) is 8.84. The Morgan fingerprint density at radius 3 is 2.52 bits per heavy atom. The topological polar surface area (TPSA) is 80.0 Å². The van der Waals surface area contributed by atoms with Gasteiger partial charge in [0.25, 0.3) is 0 Å². The van der Waals surface area contributed by atoms with E-state index in [-0.39, 0.29) is 11.9 Å². The molecule has 0 radical (unpaired) electrons. The van der Waals surface area contributed by atoms with Crippen LogP contribution in [0.3, 0.4) is 0 Å². The highest BCUT2D eigenvalue weighted by atomic mass is 16.6. The second-order valence-corrected chi connectivity index (χ2v) is 5.87. The van der Waals surface area contributed by atoms with E-state index in [1.54, 1.807) is 11.0 Å². The SMILES string of the molecule is CC(C)(C)OC(=O)N1CC=C(c2ccc(C(=O)O)o2)CC1. The van der Waals surface area contributed by atoms with Gasteiger partial charge in [-0.2, -0.15) is 0 Å². The summed E-state index contributed by atoms with van der Waals surface area (Å²) in [6, 6.07) is 3.07. The van der Waals surface area contributed by atoms with E-state index in [1.165, 1.54) is 6.07 Å². The molecule has 0 unspecified atom stereocenters. The van der Waals surface area contributed by atoms with E-state index in [0.717, 1.165) is 5.57 Å². The lowest BCUT2D eigenvalue weighted by atomic mass is 10.1. The quantitative estimate of drug-likeness (QED) is 0.906. The van der Waals surface area contributed by atoms with Crippen molar-refractivity contribution < 1.29 is 23.8 Å². The van der Waals surface area contributed by atoms with Crippen molar-refractivity contribution in [3.8, 4) is 0 Å². The lowest BCUT2D eigenvalue weighted by molar-refractivity contribution is 0.0270. The molecular weight excluding hydrogens is 274 g/mol. The van der Waals surface area contributed by atoms with Crippen molar-refractivity contribution in [2.45, 2.75) is 32.8 Å². The Labute approximate surface area is 123 Å². The third-order valence-electron chi connectivity index (χ3n) is 2.99. The number of aromatic carboxylic acids is 1. The van der Waals surface area contributed by atoms with E-state index in [0.29, 0.717) is 25.3 Å². The molecule has 1 aromatic heterocycles. The summed E-state index contributed by atoms with van der Waals surface area (Å²) in [5.74, 6) is -0.634. The molecule has 0 fully saturated rings. The van der Waals surface area contributed by atoms with Gasteiger partial charge in [0.05, 0.1) is 0 Å². The number of carboxylic acid groups (broad SMARTS) is 1. The van der Waals surface area contributed by atoms with Crippen LogP contribution >= 0.6 is 0 Å². The largest absolute Gasteiger partial charge is 0.475 e. The molecule has 1 N–H and O–H groups in total. The third kappa shape index (κ3) is 3.87. The fourth-order valence-electron chi connectivity index (χ4n) is 2.01. The summed E-state index contributed by atoms with van der Waals surface area (Å²) in [6.07, 6.45) is 2.12. The molecule has 0 aliphatic carbocycles. The van der Waals surface area contributed by atoms with Crippen molar-refractivity contribution in [1.29, 1.82) is 0 Å². The van der Waals surface area contributed by atoms with Crippen LogP contribution in [0.2, 0.25) is 0 Å². The maximum atomic E-state index is 11.9. The molecule has 6 nitrogen and oxygen atoms in total. The normalized spacial score (nSPS) is 15.6. The number of hydrogen-bond acceptors (Lipinski definition) is 4. The Hall–Kier alpha value is -2.24. The highest BCUT2D eigenvalue weighted by Gasteiger charge is 2.24. The van der Waals surface area contributed by atoms with Crippen LogP contribution in [-0.4, -0.2) is 40.8 Å². The zero-order chi connectivity index (χ0) is 15.6. The van der Waals surface area contributed by atoms with E-state index in [4.69, 9.17) is 14.3 Å².